The van der Waals surface area contributed by atoms with E-state index in [0.717, 1.165) is 50.6 Å². The zero-order valence-electron chi connectivity index (χ0n) is 25.9. The predicted octanol–water partition coefficient (Wildman–Crippen LogP) is 11.2. The maximum atomic E-state index is 6.42. The summed E-state index contributed by atoms with van der Waals surface area (Å²) < 4.78 is 6.42. The van der Waals surface area contributed by atoms with Crippen molar-refractivity contribution in [1.29, 1.82) is 0 Å². The van der Waals surface area contributed by atoms with Crippen LogP contribution in [0.2, 0.25) is 0 Å². The van der Waals surface area contributed by atoms with Gasteiger partial charge in [-0.1, -0.05) is 115 Å². The Balaban J connectivity index is 1.09. The van der Waals surface area contributed by atoms with Gasteiger partial charge in [0.05, 0.1) is 0 Å². The third-order valence-corrected chi connectivity index (χ3v) is 9.54. The van der Waals surface area contributed by atoms with Crippen molar-refractivity contribution in [2.75, 3.05) is 0 Å². The number of benzene rings is 7. The minimum atomic E-state index is 0.610. The topological polar surface area (TPSA) is 51.8 Å². The molecule has 0 N–H and O–H groups in total. The highest BCUT2D eigenvalue weighted by Gasteiger charge is 2.20. The summed E-state index contributed by atoms with van der Waals surface area (Å²) in [5.41, 5.74) is 12.0. The van der Waals surface area contributed by atoms with Gasteiger partial charge in [-0.05, 0) is 87.0 Å². The summed E-state index contributed by atoms with van der Waals surface area (Å²) in [6.07, 6.45) is 0.949. The Bertz CT molecular complexity index is 2710. The van der Waals surface area contributed by atoms with Crippen LogP contribution in [0.4, 0.5) is 0 Å². The Morgan fingerprint density at radius 1 is 0.375 bits per heavy atom. The molecule has 0 radical (unpaired) electrons. The van der Waals surface area contributed by atoms with Gasteiger partial charge in [0.15, 0.2) is 17.5 Å². The fraction of sp³-hybridized carbons (Fsp3) is 0.0227. The van der Waals surface area contributed by atoms with E-state index in [2.05, 4.69) is 121 Å². The molecule has 2 aromatic heterocycles. The first-order valence-corrected chi connectivity index (χ1v) is 16.2. The molecular formula is C44H27N3O. The van der Waals surface area contributed by atoms with Crippen LogP contribution in [0.25, 0.3) is 89.1 Å². The first-order chi connectivity index (χ1) is 23.7. The van der Waals surface area contributed by atoms with E-state index >= 15 is 0 Å². The molecule has 0 bridgehead atoms. The molecule has 224 valence electrons. The van der Waals surface area contributed by atoms with Crippen LogP contribution in [0, 0.1) is 0 Å². The largest absolute Gasteiger partial charge is 0.456 e. The van der Waals surface area contributed by atoms with E-state index in [-0.39, 0.29) is 0 Å². The van der Waals surface area contributed by atoms with Gasteiger partial charge in [0, 0.05) is 27.5 Å². The van der Waals surface area contributed by atoms with Crippen LogP contribution in [-0.2, 0) is 6.42 Å². The summed E-state index contributed by atoms with van der Waals surface area (Å²) >= 11 is 0. The average molecular weight is 614 g/mol. The molecule has 0 atom stereocenters. The van der Waals surface area contributed by atoms with E-state index in [9.17, 15) is 0 Å². The third kappa shape index (κ3) is 4.42. The number of furan rings is 1. The van der Waals surface area contributed by atoms with Crippen molar-refractivity contribution in [1.82, 2.24) is 15.0 Å². The molecule has 1 aliphatic rings. The van der Waals surface area contributed by atoms with E-state index in [4.69, 9.17) is 19.4 Å². The minimum absolute atomic E-state index is 0.610. The molecule has 10 rings (SSSR count). The summed E-state index contributed by atoms with van der Waals surface area (Å²) in [5.74, 6) is 1.90. The maximum Gasteiger partial charge on any atom is 0.164 e. The second-order valence-electron chi connectivity index (χ2n) is 12.5. The van der Waals surface area contributed by atoms with Crippen LogP contribution >= 0.6 is 0 Å². The van der Waals surface area contributed by atoms with Crippen molar-refractivity contribution >= 4 is 32.7 Å². The molecule has 0 amide bonds. The fourth-order valence-corrected chi connectivity index (χ4v) is 7.08. The lowest BCUT2D eigenvalue weighted by Crippen LogP contribution is -2.00. The Morgan fingerprint density at radius 3 is 1.90 bits per heavy atom. The molecule has 48 heavy (non-hydrogen) atoms. The van der Waals surface area contributed by atoms with E-state index in [1.807, 2.05) is 30.3 Å². The summed E-state index contributed by atoms with van der Waals surface area (Å²) in [7, 11) is 0. The van der Waals surface area contributed by atoms with Gasteiger partial charge in [0.2, 0.25) is 0 Å². The lowest BCUT2D eigenvalue weighted by molar-refractivity contribution is 0.669. The Hall–Kier alpha value is -6.39. The molecule has 4 heteroatoms. The maximum absolute atomic E-state index is 6.42. The highest BCUT2D eigenvalue weighted by molar-refractivity contribution is 6.07. The van der Waals surface area contributed by atoms with Gasteiger partial charge in [0.1, 0.15) is 11.2 Å². The van der Waals surface area contributed by atoms with Crippen molar-refractivity contribution in [2.45, 2.75) is 6.42 Å². The predicted molar refractivity (Wildman–Crippen MR) is 195 cm³/mol. The lowest BCUT2D eigenvalue weighted by Gasteiger charge is -2.10. The smallest absolute Gasteiger partial charge is 0.164 e. The summed E-state index contributed by atoms with van der Waals surface area (Å²) in [6.45, 7) is 0. The number of nitrogens with zero attached hydrogens (tertiary/aromatic N) is 3. The van der Waals surface area contributed by atoms with Crippen molar-refractivity contribution in [2.24, 2.45) is 0 Å². The van der Waals surface area contributed by atoms with Crippen LogP contribution < -0.4 is 0 Å². The first-order valence-electron chi connectivity index (χ1n) is 16.2. The Morgan fingerprint density at radius 2 is 1.02 bits per heavy atom. The van der Waals surface area contributed by atoms with E-state index < -0.39 is 0 Å². The lowest BCUT2D eigenvalue weighted by atomic mass is 9.99. The van der Waals surface area contributed by atoms with Gasteiger partial charge < -0.3 is 4.42 Å². The average Bonchev–Trinajstić information content (AvgIpc) is 3.72. The van der Waals surface area contributed by atoms with Crippen LogP contribution in [0.1, 0.15) is 11.1 Å². The SMILES string of the molecule is c1ccc(-c2nc(-c3ccc4c(c3)-c3ccccc3C4)nc(-c3ccc4c(c3)oc3ccc(-c5ccc6ccccc6c5)cc34)n2)cc1. The summed E-state index contributed by atoms with van der Waals surface area (Å²) in [5, 5.41) is 4.61. The van der Waals surface area contributed by atoms with E-state index in [1.54, 1.807) is 0 Å². The number of aromatic nitrogens is 3. The minimum Gasteiger partial charge on any atom is -0.456 e. The zero-order valence-corrected chi connectivity index (χ0v) is 25.9. The molecule has 1 aliphatic carbocycles. The van der Waals surface area contributed by atoms with Gasteiger partial charge >= 0.3 is 0 Å². The second-order valence-corrected chi connectivity index (χ2v) is 12.5. The molecule has 0 unspecified atom stereocenters. The third-order valence-electron chi connectivity index (χ3n) is 9.54. The standard InChI is InChI=1S/C44H27N3O/c1-2-9-28(10-3-1)42-45-43(34-17-16-33-23-32-12-6-7-13-36(32)38(33)25-34)47-44(46-42)35-18-20-37-39-24-31(19-21-40(39)48-41(37)26-35)30-15-14-27-8-4-5-11-29(27)22-30/h1-22,24-26H,23H2. The van der Waals surface area contributed by atoms with Gasteiger partial charge in [-0.25, -0.2) is 15.0 Å². The first kappa shape index (κ1) is 26.8. The summed E-state index contributed by atoms with van der Waals surface area (Å²) in [4.78, 5) is 15.0. The van der Waals surface area contributed by atoms with E-state index in [1.165, 1.54) is 38.6 Å². The summed E-state index contributed by atoms with van der Waals surface area (Å²) in [6, 6.07) is 53.1. The van der Waals surface area contributed by atoms with Crippen LogP contribution in [0.5, 0.6) is 0 Å². The zero-order chi connectivity index (χ0) is 31.6. The molecule has 7 aromatic carbocycles. The van der Waals surface area contributed by atoms with Crippen LogP contribution in [-0.4, -0.2) is 15.0 Å². The van der Waals surface area contributed by atoms with Crippen LogP contribution in [0.3, 0.4) is 0 Å². The monoisotopic (exact) mass is 613 g/mol. The highest BCUT2D eigenvalue weighted by atomic mass is 16.3. The van der Waals surface area contributed by atoms with Crippen molar-refractivity contribution < 1.29 is 4.42 Å². The molecule has 0 saturated carbocycles. The normalized spacial score (nSPS) is 12.1. The van der Waals surface area contributed by atoms with Crippen LogP contribution in [0.15, 0.2) is 156 Å². The molecule has 0 aliphatic heterocycles. The van der Waals surface area contributed by atoms with Gasteiger partial charge in [-0.15, -0.1) is 0 Å². The van der Waals surface area contributed by atoms with Gasteiger partial charge in [0.25, 0.3) is 0 Å². The quantitative estimate of drug-likeness (QED) is 0.198. The molecule has 0 spiro atoms. The number of hydrogen-bond acceptors (Lipinski definition) is 4. The Labute approximate surface area is 277 Å². The molecule has 2 heterocycles. The number of rotatable bonds is 4. The molecular weight excluding hydrogens is 587 g/mol. The van der Waals surface area contributed by atoms with Gasteiger partial charge in [-0.3, -0.25) is 0 Å². The number of hydrogen-bond donors (Lipinski definition) is 0. The highest BCUT2D eigenvalue weighted by Crippen LogP contribution is 2.39. The fourth-order valence-electron chi connectivity index (χ4n) is 7.08. The van der Waals surface area contributed by atoms with Crippen molar-refractivity contribution in [3.05, 3.63) is 163 Å². The van der Waals surface area contributed by atoms with Gasteiger partial charge in [-0.2, -0.15) is 0 Å². The Kier molecular flexibility index (Phi) is 5.90. The second kappa shape index (κ2) is 10.6. The molecule has 9 aromatic rings. The van der Waals surface area contributed by atoms with Crippen molar-refractivity contribution in [3.63, 3.8) is 0 Å². The number of fused-ring (bicyclic) bond motifs is 7. The molecule has 4 nitrogen and oxygen atoms in total. The molecule has 0 fully saturated rings. The van der Waals surface area contributed by atoms with E-state index in [0.29, 0.717) is 17.5 Å². The molecule has 0 saturated heterocycles. The van der Waals surface area contributed by atoms with Crippen molar-refractivity contribution in [3.8, 4) is 56.4 Å².